The van der Waals surface area contributed by atoms with Gasteiger partial charge in [-0.25, -0.2) is 0 Å². The molecule has 3 fully saturated rings. The molecule has 1 amide bonds. The van der Waals surface area contributed by atoms with Crippen LogP contribution in [-0.2, 0) is 23.9 Å². The minimum Gasteiger partial charge on any atom is -0.462 e. The van der Waals surface area contributed by atoms with Crippen molar-refractivity contribution < 1.29 is 23.9 Å². The summed E-state index contributed by atoms with van der Waals surface area (Å²) in [4.78, 5) is 36.2. The lowest BCUT2D eigenvalue weighted by molar-refractivity contribution is -0.157. The maximum atomic E-state index is 12.4. The second kappa shape index (κ2) is 6.18. The Morgan fingerprint density at radius 1 is 1.24 bits per heavy atom. The first kappa shape index (κ1) is 16.7. The van der Waals surface area contributed by atoms with E-state index in [0.29, 0.717) is 22.2 Å². The zero-order valence-electron chi connectivity index (χ0n) is 13.0. The van der Waals surface area contributed by atoms with Gasteiger partial charge in [-0.15, -0.1) is 0 Å². The summed E-state index contributed by atoms with van der Waals surface area (Å²) < 4.78 is 10.4. The van der Waals surface area contributed by atoms with E-state index in [1.807, 2.05) is 0 Å². The molecule has 2 bridgehead atoms. The molecule has 5 atom stereocenters. The van der Waals surface area contributed by atoms with Crippen LogP contribution in [0.2, 0.25) is 10.0 Å². The van der Waals surface area contributed by atoms with Gasteiger partial charge >= 0.3 is 11.9 Å². The first-order chi connectivity index (χ1) is 11.9. The molecular weight excluding hydrogens is 369 g/mol. The highest BCUT2D eigenvalue weighted by molar-refractivity contribution is 6.42. The molecule has 25 heavy (non-hydrogen) atoms. The van der Waals surface area contributed by atoms with Crippen LogP contribution < -0.4 is 5.32 Å². The van der Waals surface area contributed by atoms with Crippen LogP contribution in [0.1, 0.15) is 12.8 Å². The Kier molecular flexibility index (Phi) is 4.12. The quantitative estimate of drug-likeness (QED) is 0.808. The van der Waals surface area contributed by atoms with Crippen LogP contribution in [0, 0.1) is 23.7 Å². The Morgan fingerprint density at radius 2 is 2.04 bits per heavy atom. The molecule has 0 spiro atoms. The van der Waals surface area contributed by atoms with Crippen molar-refractivity contribution in [2.75, 3.05) is 11.9 Å². The van der Waals surface area contributed by atoms with Crippen LogP contribution in [0.4, 0.5) is 5.69 Å². The maximum absolute atomic E-state index is 12.4. The third-order valence-corrected chi connectivity index (χ3v) is 6.04. The van der Waals surface area contributed by atoms with E-state index in [4.69, 9.17) is 32.7 Å². The van der Waals surface area contributed by atoms with Gasteiger partial charge in [0.05, 0.1) is 21.9 Å². The number of rotatable bonds is 4. The maximum Gasteiger partial charge on any atom is 0.310 e. The Hall–Kier alpha value is -1.79. The first-order valence-electron chi connectivity index (χ1n) is 8.06. The average Bonchev–Trinajstić information content (AvgIpc) is 3.18. The van der Waals surface area contributed by atoms with Crippen molar-refractivity contribution in [3.63, 3.8) is 0 Å². The third kappa shape index (κ3) is 2.87. The number of nitrogens with one attached hydrogen (secondary N) is 1. The summed E-state index contributed by atoms with van der Waals surface area (Å²) in [5, 5.41) is 3.27. The third-order valence-electron chi connectivity index (χ3n) is 5.30. The summed E-state index contributed by atoms with van der Waals surface area (Å²) in [6.07, 6.45) is 1.49. The van der Waals surface area contributed by atoms with Gasteiger partial charge in [0, 0.05) is 11.6 Å². The van der Waals surface area contributed by atoms with E-state index in [1.54, 1.807) is 12.1 Å². The molecule has 1 aromatic rings. The zero-order chi connectivity index (χ0) is 17.7. The normalized spacial score (nSPS) is 31.8. The largest absolute Gasteiger partial charge is 0.462 e. The van der Waals surface area contributed by atoms with E-state index in [2.05, 4.69) is 5.32 Å². The molecule has 0 aromatic heterocycles. The van der Waals surface area contributed by atoms with Crippen molar-refractivity contribution in [2.24, 2.45) is 23.7 Å². The van der Waals surface area contributed by atoms with Crippen LogP contribution in [0.15, 0.2) is 18.2 Å². The van der Waals surface area contributed by atoms with Crippen molar-refractivity contribution in [2.45, 2.75) is 18.9 Å². The number of halogens is 2. The molecule has 1 aromatic carbocycles. The van der Waals surface area contributed by atoms with Crippen molar-refractivity contribution in [3.8, 4) is 0 Å². The second-order valence-corrected chi connectivity index (χ2v) is 7.52. The SMILES string of the molecule is O=C(COC(=O)[C@H]1[C@@H]2C[C@@H]3[C@@H]1C(=O)O[C@@H]3C2)Nc1ccc(Cl)c(Cl)c1. The van der Waals surface area contributed by atoms with E-state index < -0.39 is 30.3 Å². The number of carbonyl (C=O) groups excluding carboxylic acids is 3. The van der Waals surface area contributed by atoms with E-state index >= 15 is 0 Å². The summed E-state index contributed by atoms with van der Waals surface area (Å²) in [6.45, 7) is -0.418. The van der Waals surface area contributed by atoms with E-state index in [1.165, 1.54) is 6.07 Å². The fraction of sp³-hybridized carbons (Fsp3) is 0.471. The molecule has 132 valence electrons. The van der Waals surface area contributed by atoms with Crippen molar-refractivity contribution in [3.05, 3.63) is 28.2 Å². The summed E-state index contributed by atoms with van der Waals surface area (Å²) in [5.41, 5.74) is 0.456. The number of anilines is 1. The number of ether oxygens (including phenoxy) is 2. The Labute approximate surface area is 153 Å². The van der Waals surface area contributed by atoms with Gasteiger partial charge in [0.15, 0.2) is 6.61 Å². The lowest BCUT2D eigenvalue weighted by atomic mass is 9.80. The lowest BCUT2D eigenvalue weighted by Crippen LogP contribution is -2.34. The number of fused-ring (bicyclic) bond motifs is 1. The van der Waals surface area contributed by atoms with E-state index in [-0.39, 0.29) is 23.9 Å². The highest BCUT2D eigenvalue weighted by Crippen LogP contribution is 2.57. The predicted molar refractivity (Wildman–Crippen MR) is 89.1 cm³/mol. The highest BCUT2D eigenvalue weighted by atomic mass is 35.5. The monoisotopic (exact) mass is 383 g/mol. The fourth-order valence-corrected chi connectivity index (χ4v) is 4.63. The van der Waals surface area contributed by atoms with Gasteiger partial charge in [0.25, 0.3) is 5.91 Å². The smallest absolute Gasteiger partial charge is 0.310 e. The molecule has 1 saturated heterocycles. The van der Waals surface area contributed by atoms with Crippen LogP contribution in [0.5, 0.6) is 0 Å². The number of hydrogen-bond acceptors (Lipinski definition) is 5. The van der Waals surface area contributed by atoms with Gasteiger partial charge in [0.2, 0.25) is 0 Å². The number of benzene rings is 1. The topological polar surface area (TPSA) is 81.7 Å². The molecule has 0 radical (unpaired) electrons. The summed E-state index contributed by atoms with van der Waals surface area (Å²) in [7, 11) is 0. The summed E-state index contributed by atoms with van der Waals surface area (Å²) in [5.74, 6) is -1.96. The van der Waals surface area contributed by atoms with Gasteiger partial charge in [-0.1, -0.05) is 23.2 Å². The Bertz CT molecular complexity index is 765. The number of esters is 2. The summed E-state index contributed by atoms with van der Waals surface area (Å²) >= 11 is 11.7. The molecule has 1 aliphatic heterocycles. The standard InChI is InChI=1S/C17H15Cl2NO5/c18-10-2-1-8(5-11(10)19)20-13(21)6-24-16(22)14-7-3-9-12(4-7)25-17(23)15(9)14/h1-2,5,7,9,12,14-15H,3-4,6H2,(H,20,21)/t7-,9+,12-,14+,15+/m1/s1. The molecule has 2 aliphatic carbocycles. The van der Waals surface area contributed by atoms with Gasteiger partial charge in [0.1, 0.15) is 6.10 Å². The van der Waals surface area contributed by atoms with Gasteiger partial charge < -0.3 is 14.8 Å². The molecule has 0 unspecified atom stereocenters. The van der Waals surface area contributed by atoms with Crippen LogP contribution in [0.25, 0.3) is 0 Å². The lowest BCUT2D eigenvalue weighted by Gasteiger charge is -2.22. The molecule has 8 heteroatoms. The molecule has 3 aliphatic rings. The number of carbonyl (C=O) groups is 3. The Morgan fingerprint density at radius 3 is 2.80 bits per heavy atom. The van der Waals surface area contributed by atoms with Gasteiger partial charge in [-0.2, -0.15) is 0 Å². The highest BCUT2D eigenvalue weighted by Gasteiger charge is 2.64. The summed E-state index contributed by atoms with van der Waals surface area (Å²) in [6, 6.07) is 4.66. The molecular formula is C17H15Cl2NO5. The van der Waals surface area contributed by atoms with Crippen LogP contribution >= 0.6 is 23.2 Å². The Balaban J connectivity index is 1.34. The first-order valence-corrected chi connectivity index (χ1v) is 8.81. The molecule has 1 N–H and O–H groups in total. The van der Waals surface area contributed by atoms with Crippen molar-refractivity contribution in [1.29, 1.82) is 0 Å². The molecule has 4 rings (SSSR count). The second-order valence-electron chi connectivity index (χ2n) is 6.71. The number of hydrogen-bond donors (Lipinski definition) is 1. The minimum absolute atomic E-state index is 0.0375. The van der Waals surface area contributed by atoms with Crippen LogP contribution in [-0.4, -0.2) is 30.6 Å². The van der Waals surface area contributed by atoms with Gasteiger partial charge in [-0.3, -0.25) is 14.4 Å². The van der Waals surface area contributed by atoms with Crippen molar-refractivity contribution >= 4 is 46.7 Å². The predicted octanol–water partition coefficient (Wildman–Crippen LogP) is 2.67. The number of amides is 1. The fourth-order valence-electron chi connectivity index (χ4n) is 4.33. The van der Waals surface area contributed by atoms with Crippen molar-refractivity contribution in [1.82, 2.24) is 0 Å². The van der Waals surface area contributed by atoms with E-state index in [0.717, 1.165) is 6.42 Å². The van der Waals surface area contributed by atoms with Crippen LogP contribution in [0.3, 0.4) is 0 Å². The molecule has 2 saturated carbocycles. The van der Waals surface area contributed by atoms with Gasteiger partial charge in [-0.05, 0) is 37.0 Å². The zero-order valence-corrected chi connectivity index (χ0v) is 14.5. The minimum atomic E-state index is -0.501. The molecule has 1 heterocycles. The van der Waals surface area contributed by atoms with E-state index in [9.17, 15) is 14.4 Å². The average molecular weight is 384 g/mol. The molecule has 6 nitrogen and oxygen atoms in total.